The van der Waals surface area contributed by atoms with Crippen molar-refractivity contribution in [3.05, 3.63) is 29.8 Å². The third kappa shape index (κ3) is 5.59. The van der Waals surface area contributed by atoms with E-state index in [1.54, 1.807) is 0 Å². The van der Waals surface area contributed by atoms with Gasteiger partial charge in [0.05, 0.1) is 6.54 Å². The molecule has 1 fully saturated rings. The molecule has 1 unspecified atom stereocenters. The van der Waals surface area contributed by atoms with Crippen molar-refractivity contribution in [2.75, 3.05) is 25.0 Å². The van der Waals surface area contributed by atoms with Gasteiger partial charge in [0.25, 0.3) is 0 Å². The Labute approximate surface area is 139 Å². The van der Waals surface area contributed by atoms with Crippen LogP contribution in [0, 0.1) is 5.92 Å². The van der Waals surface area contributed by atoms with Crippen molar-refractivity contribution < 1.29 is 4.79 Å². The Kier molecular flexibility index (Phi) is 7.87. The highest BCUT2D eigenvalue weighted by molar-refractivity contribution is 5.92. The van der Waals surface area contributed by atoms with Crippen molar-refractivity contribution in [2.24, 2.45) is 11.7 Å². The molecule has 1 heterocycles. The molecule has 1 aromatic rings. The summed E-state index contributed by atoms with van der Waals surface area (Å²) in [5.41, 5.74) is 8.08. The van der Waals surface area contributed by atoms with Gasteiger partial charge in [-0.2, -0.15) is 0 Å². The van der Waals surface area contributed by atoms with Crippen LogP contribution in [-0.2, 0) is 11.2 Å². The monoisotopic (exact) mass is 325 g/mol. The molecule has 0 spiro atoms. The molecule has 4 nitrogen and oxygen atoms in total. The molecule has 0 aromatic heterocycles. The average Bonchev–Trinajstić information content (AvgIpc) is 2.47. The summed E-state index contributed by atoms with van der Waals surface area (Å²) in [6, 6.07) is 8.31. The Morgan fingerprint density at radius 1 is 1.41 bits per heavy atom. The van der Waals surface area contributed by atoms with E-state index < -0.39 is 0 Å². The van der Waals surface area contributed by atoms with Crippen LogP contribution in [0.1, 0.15) is 32.3 Å². The fourth-order valence-electron chi connectivity index (χ4n) is 2.91. The molecule has 124 valence electrons. The van der Waals surface area contributed by atoms with Crippen molar-refractivity contribution >= 4 is 24.0 Å². The number of rotatable bonds is 5. The number of nitrogens with two attached hydrogens (primary N) is 1. The fourth-order valence-corrected chi connectivity index (χ4v) is 2.91. The summed E-state index contributed by atoms with van der Waals surface area (Å²) in [5.74, 6) is 0.674. The Hall–Kier alpha value is -1.10. The second-order valence-corrected chi connectivity index (χ2v) is 6.07. The molecule has 3 N–H and O–H groups in total. The highest BCUT2D eigenvalue weighted by atomic mass is 35.5. The Morgan fingerprint density at radius 3 is 2.68 bits per heavy atom. The molecule has 0 aliphatic carbocycles. The maximum atomic E-state index is 12.1. The van der Waals surface area contributed by atoms with Crippen LogP contribution < -0.4 is 11.1 Å². The van der Waals surface area contributed by atoms with Crippen molar-refractivity contribution in [3.8, 4) is 0 Å². The summed E-state index contributed by atoms with van der Waals surface area (Å²) < 4.78 is 0. The van der Waals surface area contributed by atoms with Crippen LogP contribution in [0.25, 0.3) is 0 Å². The van der Waals surface area contributed by atoms with E-state index in [2.05, 4.69) is 30.1 Å². The van der Waals surface area contributed by atoms with E-state index in [1.807, 2.05) is 18.2 Å². The van der Waals surface area contributed by atoms with Gasteiger partial charge in [-0.3, -0.25) is 9.69 Å². The molecule has 0 saturated carbocycles. The lowest BCUT2D eigenvalue weighted by molar-refractivity contribution is -0.117. The topological polar surface area (TPSA) is 58.4 Å². The van der Waals surface area contributed by atoms with Crippen molar-refractivity contribution in [1.82, 2.24) is 4.90 Å². The van der Waals surface area contributed by atoms with Gasteiger partial charge in [-0.1, -0.05) is 19.1 Å². The molecule has 0 radical (unpaired) electrons. The molecule has 1 aliphatic rings. The molecule has 1 aromatic carbocycles. The summed E-state index contributed by atoms with van der Waals surface area (Å²) in [4.78, 5) is 14.3. The Bertz CT molecular complexity index is 471. The standard InChI is InChI=1S/C17H27N3O.ClH/c1-3-14-5-4-6-16(11-14)19-17(21)12-20-9-7-15(8-10-20)13(2)18;/h4-6,11,13,15H,3,7-10,12,18H2,1-2H3,(H,19,21);1H. The summed E-state index contributed by atoms with van der Waals surface area (Å²) in [7, 11) is 0. The summed E-state index contributed by atoms with van der Waals surface area (Å²) in [5, 5.41) is 2.99. The van der Waals surface area contributed by atoms with Gasteiger partial charge in [0.2, 0.25) is 5.91 Å². The first kappa shape index (κ1) is 18.9. The van der Waals surface area contributed by atoms with E-state index in [0.717, 1.165) is 38.0 Å². The fraction of sp³-hybridized carbons (Fsp3) is 0.588. The average molecular weight is 326 g/mol. The number of hydrogen-bond donors (Lipinski definition) is 2. The molecule has 1 amide bonds. The smallest absolute Gasteiger partial charge is 0.238 e. The number of carbonyl (C=O) groups excluding carboxylic acids is 1. The van der Waals surface area contributed by atoms with Gasteiger partial charge < -0.3 is 11.1 Å². The second-order valence-electron chi connectivity index (χ2n) is 6.07. The molecular weight excluding hydrogens is 298 g/mol. The third-order valence-electron chi connectivity index (χ3n) is 4.36. The summed E-state index contributed by atoms with van der Waals surface area (Å²) in [6.07, 6.45) is 3.17. The zero-order chi connectivity index (χ0) is 15.2. The van der Waals surface area contributed by atoms with Gasteiger partial charge in [0.15, 0.2) is 0 Å². The SMILES string of the molecule is CCc1cccc(NC(=O)CN2CCC(C(C)N)CC2)c1.Cl. The maximum Gasteiger partial charge on any atom is 0.238 e. The van der Waals surface area contributed by atoms with Crippen molar-refractivity contribution in [2.45, 2.75) is 39.2 Å². The van der Waals surface area contributed by atoms with Crippen LogP contribution in [0.15, 0.2) is 24.3 Å². The number of likely N-dealkylation sites (tertiary alicyclic amines) is 1. The Morgan fingerprint density at radius 2 is 2.09 bits per heavy atom. The van der Waals surface area contributed by atoms with Crippen LogP contribution in [-0.4, -0.2) is 36.5 Å². The van der Waals surface area contributed by atoms with Crippen molar-refractivity contribution in [3.63, 3.8) is 0 Å². The molecule has 1 atom stereocenters. The van der Waals surface area contributed by atoms with Crippen LogP contribution in [0.5, 0.6) is 0 Å². The highest BCUT2D eigenvalue weighted by Crippen LogP contribution is 2.19. The molecule has 22 heavy (non-hydrogen) atoms. The van der Waals surface area contributed by atoms with E-state index in [0.29, 0.717) is 12.5 Å². The number of aryl methyl sites for hydroxylation is 1. The lowest BCUT2D eigenvalue weighted by Gasteiger charge is -2.33. The normalized spacial score (nSPS) is 17.6. The van der Waals surface area contributed by atoms with Gasteiger partial charge >= 0.3 is 0 Å². The molecule has 1 saturated heterocycles. The van der Waals surface area contributed by atoms with Crippen molar-refractivity contribution in [1.29, 1.82) is 0 Å². The molecule has 0 bridgehead atoms. The zero-order valence-electron chi connectivity index (χ0n) is 13.5. The van der Waals surface area contributed by atoms with Gasteiger partial charge in [0.1, 0.15) is 0 Å². The van der Waals surface area contributed by atoms with E-state index in [4.69, 9.17) is 5.73 Å². The van der Waals surface area contributed by atoms with Gasteiger partial charge in [-0.25, -0.2) is 0 Å². The summed E-state index contributed by atoms with van der Waals surface area (Å²) in [6.45, 7) is 6.60. The minimum absolute atomic E-state index is 0. The third-order valence-corrected chi connectivity index (χ3v) is 4.36. The second kappa shape index (κ2) is 9.13. The maximum absolute atomic E-state index is 12.1. The predicted octanol–water partition coefficient (Wildman–Crippen LogP) is 2.67. The number of carbonyl (C=O) groups is 1. The predicted molar refractivity (Wildman–Crippen MR) is 94.5 cm³/mol. The summed E-state index contributed by atoms with van der Waals surface area (Å²) >= 11 is 0. The van der Waals surface area contributed by atoms with E-state index >= 15 is 0 Å². The van der Waals surface area contributed by atoms with Crippen LogP contribution in [0.2, 0.25) is 0 Å². The van der Waals surface area contributed by atoms with Gasteiger partial charge in [-0.15, -0.1) is 12.4 Å². The number of nitrogens with zero attached hydrogens (tertiary/aromatic N) is 1. The van der Waals surface area contributed by atoms with Gasteiger partial charge in [0, 0.05) is 11.7 Å². The van der Waals surface area contributed by atoms with Crippen LogP contribution >= 0.6 is 12.4 Å². The number of anilines is 1. The molecule has 5 heteroatoms. The van der Waals surface area contributed by atoms with Gasteiger partial charge in [-0.05, 0) is 62.9 Å². The van der Waals surface area contributed by atoms with E-state index in [-0.39, 0.29) is 24.4 Å². The lowest BCUT2D eigenvalue weighted by Crippen LogP contribution is -2.42. The minimum atomic E-state index is 0. The number of nitrogens with one attached hydrogen (secondary N) is 1. The van der Waals surface area contributed by atoms with E-state index in [1.165, 1.54) is 5.56 Å². The number of piperidine rings is 1. The Balaban J connectivity index is 0.00000242. The first-order valence-electron chi connectivity index (χ1n) is 7.95. The van der Waals surface area contributed by atoms with Crippen LogP contribution in [0.4, 0.5) is 5.69 Å². The highest BCUT2D eigenvalue weighted by Gasteiger charge is 2.22. The number of benzene rings is 1. The first-order chi connectivity index (χ1) is 10.1. The molecule has 2 rings (SSSR count). The number of halogens is 1. The number of hydrogen-bond acceptors (Lipinski definition) is 3. The molecule has 1 aliphatic heterocycles. The number of amides is 1. The molecular formula is C17H28ClN3O. The largest absolute Gasteiger partial charge is 0.328 e. The zero-order valence-corrected chi connectivity index (χ0v) is 14.4. The first-order valence-corrected chi connectivity index (χ1v) is 7.95. The van der Waals surface area contributed by atoms with E-state index in [9.17, 15) is 4.79 Å². The minimum Gasteiger partial charge on any atom is -0.328 e. The van der Waals surface area contributed by atoms with Crippen LogP contribution in [0.3, 0.4) is 0 Å². The quantitative estimate of drug-likeness (QED) is 0.875. The lowest BCUT2D eigenvalue weighted by atomic mass is 9.91.